The minimum absolute atomic E-state index is 0.0891. The summed E-state index contributed by atoms with van der Waals surface area (Å²) < 4.78 is 39.5. The highest BCUT2D eigenvalue weighted by Crippen LogP contribution is 2.43. The molecule has 452 valence electrons. The van der Waals surface area contributed by atoms with Crippen LogP contribution in [0.2, 0.25) is 0 Å². The highest BCUT2D eigenvalue weighted by Gasteiger charge is 2.28. The molecule has 0 fully saturated rings. The number of phosphoric ester groups is 1. The smallest absolute Gasteiger partial charge is 0.462 e. The number of esters is 3. The topological polar surface area (TPSA) is 155 Å². The van der Waals surface area contributed by atoms with Crippen LogP contribution in [0.15, 0.2) is 146 Å². The summed E-state index contributed by atoms with van der Waals surface area (Å²) in [5.74, 6) is -1.61. The van der Waals surface area contributed by atoms with Gasteiger partial charge in [-0.15, -0.1) is 0 Å². The van der Waals surface area contributed by atoms with E-state index in [0.717, 1.165) is 141 Å². The van der Waals surface area contributed by atoms with Gasteiger partial charge in [0.15, 0.2) is 6.10 Å². The molecule has 0 aliphatic rings. The molecule has 2 N–H and O–H groups in total. The maximum Gasteiger partial charge on any atom is 0.472 e. The van der Waals surface area contributed by atoms with Crippen molar-refractivity contribution in [3.05, 3.63) is 146 Å². The van der Waals surface area contributed by atoms with E-state index < -0.39 is 57.8 Å². The molecule has 11 nitrogen and oxygen atoms in total. The van der Waals surface area contributed by atoms with E-state index in [4.69, 9.17) is 23.3 Å². The van der Waals surface area contributed by atoms with Gasteiger partial charge in [0.1, 0.15) is 12.7 Å². The van der Waals surface area contributed by atoms with E-state index in [0.29, 0.717) is 19.3 Å². The first kappa shape index (κ1) is 75.4. The lowest BCUT2D eigenvalue weighted by Gasteiger charge is -2.21. The summed E-state index contributed by atoms with van der Waals surface area (Å²) in [6.07, 6.45) is 78.1. The zero-order valence-corrected chi connectivity index (χ0v) is 50.9. The Morgan fingerprint density at radius 1 is 0.362 bits per heavy atom. The maximum absolute atomic E-state index is 12.9. The van der Waals surface area contributed by atoms with Gasteiger partial charge in [-0.3, -0.25) is 23.4 Å². The lowest BCUT2D eigenvalue weighted by molar-refractivity contribution is -0.161. The number of hydrogen-bond donors (Lipinski definition) is 2. The molecule has 0 aromatic carbocycles. The molecule has 0 rings (SSSR count). The quantitative estimate of drug-likeness (QED) is 0.0197. The Bertz CT molecular complexity index is 1900. The number of phosphoric acid groups is 1. The number of carbonyl (C=O) groups is 3. The summed E-state index contributed by atoms with van der Waals surface area (Å²) in [7, 11) is -4.79. The van der Waals surface area contributed by atoms with Gasteiger partial charge < -0.3 is 24.2 Å². The number of hydrogen-bond acceptors (Lipinski definition) is 10. The normalized spacial score (nSPS) is 14.3. The van der Waals surface area contributed by atoms with E-state index in [-0.39, 0.29) is 25.9 Å². The second-order valence-corrected chi connectivity index (χ2v) is 21.2. The summed E-state index contributed by atoms with van der Waals surface area (Å²) in [6, 6.07) is 0. The van der Waals surface area contributed by atoms with Crippen LogP contribution in [0.25, 0.3) is 0 Å². The van der Waals surface area contributed by atoms with Gasteiger partial charge >= 0.3 is 25.7 Å². The predicted molar refractivity (Wildman–Crippen MR) is 334 cm³/mol. The molecule has 0 saturated heterocycles. The van der Waals surface area contributed by atoms with Gasteiger partial charge in [-0.2, -0.15) is 0 Å². The molecule has 0 aliphatic heterocycles. The van der Waals surface area contributed by atoms with E-state index in [9.17, 15) is 28.9 Å². The molecule has 3 unspecified atom stereocenters. The maximum atomic E-state index is 12.9. The van der Waals surface area contributed by atoms with Crippen LogP contribution in [0.5, 0.6) is 0 Å². The zero-order valence-electron chi connectivity index (χ0n) is 50.0. The first-order valence-corrected chi connectivity index (χ1v) is 32.2. The van der Waals surface area contributed by atoms with Crippen molar-refractivity contribution < 1.29 is 52.2 Å². The number of ether oxygens (including phenoxy) is 3. The third kappa shape index (κ3) is 58.0. The van der Waals surface area contributed by atoms with Gasteiger partial charge in [-0.05, 0) is 128 Å². The Balaban J connectivity index is 4.89. The SMILES string of the molecule is CC/C=C\C/C=C\C/C=C\C/C=C\C/C=C\C/C=C\CCC(=O)OCC(COP(=O)(O)OCC(CO)OC(=O)CCCCCCC/C=C\C/C=C\C/C=C\CC)OC(=O)CCCCCCCC/C=C\C/C=C\C/C=C\CCCCC. The van der Waals surface area contributed by atoms with Crippen LogP contribution < -0.4 is 0 Å². The van der Waals surface area contributed by atoms with Crippen LogP contribution in [0.3, 0.4) is 0 Å². The van der Waals surface area contributed by atoms with Crippen molar-refractivity contribution in [1.29, 1.82) is 0 Å². The molecular formula is C68H109O11P. The van der Waals surface area contributed by atoms with Crippen molar-refractivity contribution >= 4 is 25.7 Å². The third-order valence-electron chi connectivity index (χ3n) is 12.2. The molecule has 0 saturated carbocycles. The molecule has 0 radical (unpaired) electrons. The first-order valence-electron chi connectivity index (χ1n) is 30.7. The van der Waals surface area contributed by atoms with Crippen LogP contribution in [-0.2, 0) is 42.2 Å². The van der Waals surface area contributed by atoms with Gasteiger partial charge in [0.05, 0.1) is 19.8 Å². The van der Waals surface area contributed by atoms with E-state index >= 15 is 0 Å². The average Bonchev–Trinajstić information content (AvgIpc) is 3.45. The second kappa shape index (κ2) is 60.5. The first-order chi connectivity index (χ1) is 39.2. The molecule has 0 spiro atoms. The summed E-state index contributed by atoms with van der Waals surface area (Å²) in [6.45, 7) is 4.26. The molecule has 80 heavy (non-hydrogen) atoms. The van der Waals surface area contributed by atoms with Crippen molar-refractivity contribution in [2.24, 2.45) is 0 Å². The monoisotopic (exact) mass is 1130 g/mol. The van der Waals surface area contributed by atoms with E-state index in [1.165, 1.54) is 25.7 Å². The fraction of sp³-hybridized carbons (Fsp3) is 0.603. The van der Waals surface area contributed by atoms with Crippen molar-refractivity contribution in [2.75, 3.05) is 26.4 Å². The Kier molecular flexibility index (Phi) is 56.9. The number of allylic oxidation sites excluding steroid dienone is 24. The third-order valence-corrected chi connectivity index (χ3v) is 13.2. The lowest BCUT2D eigenvalue weighted by Crippen LogP contribution is -2.30. The largest absolute Gasteiger partial charge is 0.472 e. The fourth-order valence-electron chi connectivity index (χ4n) is 7.64. The number of aliphatic hydroxyl groups is 1. The van der Waals surface area contributed by atoms with Gasteiger partial charge in [-0.25, -0.2) is 4.57 Å². The van der Waals surface area contributed by atoms with Gasteiger partial charge in [0.25, 0.3) is 0 Å². The molecule has 0 heterocycles. The predicted octanol–water partition coefficient (Wildman–Crippen LogP) is 18.7. The van der Waals surface area contributed by atoms with Crippen LogP contribution in [0.4, 0.5) is 0 Å². The molecule has 12 heteroatoms. The van der Waals surface area contributed by atoms with E-state index in [2.05, 4.69) is 154 Å². The molecule has 0 aromatic rings. The molecular weight excluding hydrogens is 1020 g/mol. The molecule has 0 amide bonds. The van der Waals surface area contributed by atoms with Crippen LogP contribution in [-0.4, -0.2) is 66.5 Å². The van der Waals surface area contributed by atoms with Gasteiger partial charge in [0.2, 0.25) is 0 Å². The molecule has 0 bridgehead atoms. The molecule has 3 atom stereocenters. The summed E-state index contributed by atoms with van der Waals surface area (Å²) in [5, 5.41) is 9.83. The van der Waals surface area contributed by atoms with Gasteiger partial charge in [-0.1, -0.05) is 224 Å². The highest BCUT2D eigenvalue weighted by atomic mass is 31.2. The number of rotatable bonds is 55. The van der Waals surface area contributed by atoms with E-state index in [1.54, 1.807) is 0 Å². The second-order valence-electron chi connectivity index (χ2n) is 19.7. The number of unbranched alkanes of at least 4 members (excludes halogenated alkanes) is 14. The van der Waals surface area contributed by atoms with Crippen LogP contribution in [0, 0.1) is 0 Å². The van der Waals surface area contributed by atoms with Crippen LogP contribution >= 0.6 is 7.82 Å². The number of carbonyl (C=O) groups excluding carboxylic acids is 3. The summed E-state index contributed by atoms with van der Waals surface area (Å²) >= 11 is 0. The van der Waals surface area contributed by atoms with Crippen molar-refractivity contribution in [2.45, 2.75) is 238 Å². The Morgan fingerprint density at radius 2 is 0.675 bits per heavy atom. The highest BCUT2D eigenvalue weighted by molar-refractivity contribution is 7.47. The van der Waals surface area contributed by atoms with Crippen molar-refractivity contribution in [3.8, 4) is 0 Å². The average molecular weight is 1130 g/mol. The lowest BCUT2D eigenvalue weighted by atomic mass is 10.1. The fourth-order valence-corrected chi connectivity index (χ4v) is 8.42. The van der Waals surface area contributed by atoms with Crippen molar-refractivity contribution in [1.82, 2.24) is 0 Å². The minimum Gasteiger partial charge on any atom is -0.462 e. The van der Waals surface area contributed by atoms with Gasteiger partial charge in [0, 0.05) is 19.3 Å². The van der Waals surface area contributed by atoms with Crippen molar-refractivity contribution in [3.63, 3.8) is 0 Å². The molecule has 0 aliphatic carbocycles. The summed E-state index contributed by atoms with van der Waals surface area (Å²) in [4.78, 5) is 48.7. The minimum atomic E-state index is -4.79. The summed E-state index contributed by atoms with van der Waals surface area (Å²) in [5.41, 5.74) is 0. The Labute approximate surface area is 486 Å². The zero-order chi connectivity index (χ0) is 58.3. The Hall–Kier alpha value is -4.64. The Morgan fingerprint density at radius 3 is 1.05 bits per heavy atom. The standard InChI is InChI=1S/C68H109O11P/c1-4-7-10-13-16-19-22-25-28-30-32-34-37-39-42-45-48-51-54-57-66(70)75-61-65(79-68(72)59-56-53-50-47-44-41-38-35-33-31-29-26-23-20-17-14-11-8-5-2)63-77-80(73,74)76-62-64(60-69)78-67(71)58-55-52-49-46-43-40-36-27-24-21-18-15-12-9-6-3/h7,9-10,12,16-21,25-29,32-36,39,42,48,51,64-65,69H,4-6,8,11,13-15,22-24,30-31,37-38,40-41,43-47,49-50,52-63H2,1-3H3,(H,73,74)/b10-7-,12-9-,19-16-,20-17-,21-18-,28-25-,29-26-,34-32-,35-33-,36-27-,42-39-,51-48-. The van der Waals surface area contributed by atoms with Crippen LogP contribution in [0.1, 0.15) is 226 Å². The number of aliphatic hydroxyl groups excluding tert-OH is 1. The molecule has 0 aromatic heterocycles. The van der Waals surface area contributed by atoms with E-state index in [1.807, 2.05) is 12.2 Å².